The summed E-state index contributed by atoms with van der Waals surface area (Å²) in [6.07, 6.45) is 10.7. The van der Waals surface area contributed by atoms with Crippen LogP contribution in [0.4, 0.5) is 0 Å². The molecule has 3 nitrogen and oxygen atoms in total. The fourth-order valence-electron chi connectivity index (χ4n) is 4.44. The molecule has 3 heteroatoms. The van der Waals surface area contributed by atoms with Crippen LogP contribution in [0.2, 0.25) is 0 Å². The Kier molecular flexibility index (Phi) is 4.33. The highest BCUT2D eigenvalue weighted by Crippen LogP contribution is 2.42. The highest BCUT2D eigenvalue weighted by atomic mass is 16.2. The third-order valence-electron chi connectivity index (χ3n) is 5.60. The van der Waals surface area contributed by atoms with Crippen molar-refractivity contribution in [1.29, 1.82) is 0 Å². The fourth-order valence-corrected chi connectivity index (χ4v) is 4.44. The minimum atomic E-state index is 0.133. The molecule has 0 radical (unpaired) electrons. The summed E-state index contributed by atoms with van der Waals surface area (Å²) in [6.45, 7) is 0.811. The lowest BCUT2D eigenvalue weighted by Crippen LogP contribution is -2.43. The number of hydrogen-bond acceptors (Lipinski definition) is 2. The Morgan fingerprint density at radius 3 is 2.67 bits per heavy atom. The van der Waals surface area contributed by atoms with Gasteiger partial charge in [-0.3, -0.25) is 9.78 Å². The van der Waals surface area contributed by atoms with Crippen LogP contribution in [0.1, 0.15) is 59.6 Å². The summed E-state index contributed by atoms with van der Waals surface area (Å²) in [5.41, 5.74) is 3.49. The Bertz CT molecular complexity index is 707. The number of amides is 1. The van der Waals surface area contributed by atoms with E-state index in [1.54, 1.807) is 12.4 Å². The molecule has 0 bridgehead atoms. The second-order valence-corrected chi connectivity index (χ2v) is 7.03. The Balaban J connectivity index is 1.71. The van der Waals surface area contributed by atoms with Gasteiger partial charge in [0.25, 0.3) is 5.91 Å². The zero-order chi connectivity index (χ0) is 16.4. The number of hydrogen-bond donors (Lipinski definition) is 0. The van der Waals surface area contributed by atoms with E-state index in [0.29, 0.717) is 11.5 Å². The van der Waals surface area contributed by atoms with Crippen LogP contribution >= 0.6 is 0 Å². The van der Waals surface area contributed by atoms with Gasteiger partial charge < -0.3 is 4.90 Å². The minimum absolute atomic E-state index is 0.133. The number of nitrogens with zero attached hydrogens (tertiary/aromatic N) is 2. The van der Waals surface area contributed by atoms with E-state index in [1.165, 1.54) is 43.2 Å². The van der Waals surface area contributed by atoms with Gasteiger partial charge in [0, 0.05) is 18.9 Å². The van der Waals surface area contributed by atoms with Crippen molar-refractivity contribution in [3.05, 3.63) is 65.5 Å². The van der Waals surface area contributed by atoms with E-state index < -0.39 is 0 Å². The molecule has 0 saturated heterocycles. The van der Waals surface area contributed by atoms with Gasteiger partial charge in [-0.15, -0.1) is 0 Å². The van der Waals surface area contributed by atoms with Crippen LogP contribution in [0.5, 0.6) is 0 Å². The fraction of sp³-hybridized carbons (Fsp3) is 0.429. The third kappa shape index (κ3) is 2.83. The van der Waals surface area contributed by atoms with Crippen molar-refractivity contribution in [1.82, 2.24) is 9.88 Å². The quantitative estimate of drug-likeness (QED) is 0.821. The first-order chi connectivity index (χ1) is 11.8. The van der Waals surface area contributed by atoms with Crippen LogP contribution in [0, 0.1) is 5.92 Å². The van der Waals surface area contributed by atoms with E-state index in [2.05, 4.69) is 34.1 Å². The number of fused-ring (bicyclic) bond motifs is 1. The van der Waals surface area contributed by atoms with E-state index in [-0.39, 0.29) is 11.9 Å². The van der Waals surface area contributed by atoms with E-state index >= 15 is 0 Å². The summed E-state index contributed by atoms with van der Waals surface area (Å²) in [5.74, 6) is 0.717. The summed E-state index contributed by atoms with van der Waals surface area (Å²) >= 11 is 0. The van der Waals surface area contributed by atoms with Gasteiger partial charge in [-0.2, -0.15) is 0 Å². The van der Waals surface area contributed by atoms with E-state index in [0.717, 1.165) is 13.0 Å². The summed E-state index contributed by atoms with van der Waals surface area (Å²) in [6, 6.07) is 12.7. The maximum absolute atomic E-state index is 13.1. The average Bonchev–Trinajstić information content (AvgIpc) is 2.68. The number of aromatic nitrogens is 1. The topological polar surface area (TPSA) is 33.2 Å². The lowest BCUT2D eigenvalue weighted by atomic mass is 9.77. The molecule has 1 amide bonds. The monoisotopic (exact) mass is 320 g/mol. The third-order valence-corrected chi connectivity index (χ3v) is 5.60. The maximum Gasteiger partial charge on any atom is 0.255 e. The van der Waals surface area contributed by atoms with Crippen molar-refractivity contribution in [3.8, 4) is 0 Å². The van der Waals surface area contributed by atoms with Crippen LogP contribution < -0.4 is 0 Å². The molecule has 1 aliphatic carbocycles. The molecule has 0 N–H and O–H groups in total. The smallest absolute Gasteiger partial charge is 0.255 e. The van der Waals surface area contributed by atoms with Gasteiger partial charge in [-0.25, -0.2) is 0 Å². The molecule has 1 aromatic carbocycles. The van der Waals surface area contributed by atoms with Crippen molar-refractivity contribution in [2.45, 2.75) is 44.6 Å². The first kappa shape index (κ1) is 15.4. The van der Waals surface area contributed by atoms with Crippen LogP contribution in [-0.4, -0.2) is 22.3 Å². The summed E-state index contributed by atoms with van der Waals surface area (Å²) < 4.78 is 0. The molecule has 0 spiro atoms. The molecule has 4 rings (SSSR count). The summed E-state index contributed by atoms with van der Waals surface area (Å²) in [5, 5.41) is 0. The predicted octanol–water partition coefficient (Wildman–Crippen LogP) is 4.40. The zero-order valence-electron chi connectivity index (χ0n) is 14.0. The number of benzene rings is 1. The molecule has 1 unspecified atom stereocenters. The second-order valence-electron chi connectivity index (χ2n) is 7.03. The molecular formula is C21H24N2O. The standard InChI is InChI=1S/C21H24N2O/c24-21(18-10-6-13-22-15-18)23-14-12-16-7-4-5-11-19(16)20(23)17-8-2-1-3-9-17/h4-7,10-11,13,15,17,20H,1-3,8-9,12,14H2. The Morgan fingerprint density at radius 2 is 1.88 bits per heavy atom. The summed E-state index contributed by atoms with van der Waals surface area (Å²) in [4.78, 5) is 19.4. The molecule has 124 valence electrons. The first-order valence-electron chi connectivity index (χ1n) is 9.13. The lowest BCUT2D eigenvalue weighted by Gasteiger charge is -2.43. The van der Waals surface area contributed by atoms with Crippen LogP contribution in [0.15, 0.2) is 48.8 Å². The molecular weight excluding hydrogens is 296 g/mol. The molecule has 1 atom stereocenters. The van der Waals surface area contributed by atoms with Gasteiger partial charge >= 0.3 is 0 Å². The molecule has 1 aromatic heterocycles. The Hall–Kier alpha value is -2.16. The Labute approximate surface area is 143 Å². The Morgan fingerprint density at radius 1 is 1.04 bits per heavy atom. The normalized spacial score (nSPS) is 21.3. The van der Waals surface area contributed by atoms with E-state index in [4.69, 9.17) is 0 Å². The predicted molar refractivity (Wildman–Crippen MR) is 94.7 cm³/mol. The van der Waals surface area contributed by atoms with Gasteiger partial charge in [-0.05, 0) is 48.4 Å². The second kappa shape index (κ2) is 6.76. The van der Waals surface area contributed by atoms with E-state index in [1.807, 2.05) is 12.1 Å². The van der Waals surface area contributed by atoms with E-state index in [9.17, 15) is 4.79 Å². The van der Waals surface area contributed by atoms with Gasteiger partial charge in [0.1, 0.15) is 0 Å². The van der Waals surface area contributed by atoms with Gasteiger partial charge in [-0.1, -0.05) is 43.5 Å². The summed E-state index contributed by atoms with van der Waals surface area (Å²) in [7, 11) is 0. The molecule has 2 aromatic rings. The molecule has 2 heterocycles. The molecule has 2 aliphatic rings. The number of carbonyl (C=O) groups is 1. The van der Waals surface area contributed by atoms with Gasteiger partial charge in [0.2, 0.25) is 0 Å². The highest BCUT2D eigenvalue weighted by Gasteiger charge is 2.36. The molecule has 1 aliphatic heterocycles. The van der Waals surface area contributed by atoms with Crippen molar-refractivity contribution >= 4 is 5.91 Å². The largest absolute Gasteiger partial charge is 0.331 e. The highest BCUT2D eigenvalue weighted by molar-refractivity contribution is 5.94. The SMILES string of the molecule is O=C(c1cccnc1)N1CCc2ccccc2C1C1CCCCC1. The van der Waals surface area contributed by atoms with Crippen molar-refractivity contribution in [2.24, 2.45) is 5.92 Å². The van der Waals surface area contributed by atoms with Crippen molar-refractivity contribution in [3.63, 3.8) is 0 Å². The number of carbonyl (C=O) groups excluding carboxylic acids is 1. The van der Waals surface area contributed by atoms with Crippen molar-refractivity contribution < 1.29 is 4.79 Å². The first-order valence-corrected chi connectivity index (χ1v) is 9.13. The number of pyridine rings is 1. The minimum Gasteiger partial charge on any atom is -0.331 e. The van der Waals surface area contributed by atoms with Crippen LogP contribution in [0.25, 0.3) is 0 Å². The lowest BCUT2D eigenvalue weighted by molar-refractivity contribution is 0.0540. The van der Waals surface area contributed by atoms with Crippen LogP contribution in [0.3, 0.4) is 0 Å². The molecule has 1 fully saturated rings. The van der Waals surface area contributed by atoms with Gasteiger partial charge in [0.05, 0.1) is 11.6 Å². The van der Waals surface area contributed by atoms with Gasteiger partial charge in [0.15, 0.2) is 0 Å². The average molecular weight is 320 g/mol. The molecule has 24 heavy (non-hydrogen) atoms. The molecule has 1 saturated carbocycles. The van der Waals surface area contributed by atoms with Crippen LogP contribution in [-0.2, 0) is 6.42 Å². The maximum atomic E-state index is 13.1. The zero-order valence-corrected chi connectivity index (χ0v) is 14.0. The number of rotatable bonds is 2. The van der Waals surface area contributed by atoms with Crippen molar-refractivity contribution in [2.75, 3.05) is 6.54 Å².